The number of fused-ring (bicyclic) bond motifs is 1. The number of benzene rings is 1. The van der Waals surface area contributed by atoms with Crippen molar-refractivity contribution in [2.75, 3.05) is 27.4 Å². The molecule has 0 saturated carbocycles. The minimum atomic E-state index is -0.174. The van der Waals surface area contributed by atoms with Crippen molar-refractivity contribution in [3.8, 4) is 17.0 Å². The Morgan fingerprint density at radius 2 is 2.00 bits per heavy atom. The lowest BCUT2D eigenvalue weighted by Crippen LogP contribution is -2.27. The Bertz CT molecular complexity index is 887. The summed E-state index contributed by atoms with van der Waals surface area (Å²) in [5.41, 5.74) is 2.80. The van der Waals surface area contributed by atoms with Crippen molar-refractivity contribution in [3.05, 3.63) is 42.1 Å². The van der Waals surface area contributed by atoms with Crippen LogP contribution in [-0.2, 0) is 11.8 Å². The van der Waals surface area contributed by atoms with Gasteiger partial charge in [0.15, 0.2) is 5.65 Å². The quantitative estimate of drug-likeness (QED) is 0.695. The van der Waals surface area contributed by atoms with Gasteiger partial charge in [0, 0.05) is 26.3 Å². The number of rotatable bonds is 6. The molecule has 1 aromatic carbocycles. The molecule has 130 valence electrons. The van der Waals surface area contributed by atoms with Crippen molar-refractivity contribution in [3.63, 3.8) is 0 Å². The molecule has 0 radical (unpaired) electrons. The van der Waals surface area contributed by atoms with E-state index in [9.17, 15) is 4.79 Å². The third kappa shape index (κ3) is 3.46. The van der Waals surface area contributed by atoms with Crippen molar-refractivity contribution >= 4 is 16.9 Å². The van der Waals surface area contributed by atoms with Crippen LogP contribution in [0, 0.1) is 0 Å². The zero-order valence-corrected chi connectivity index (χ0v) is 14.4. The highest BCUT2D eigenvalue weighted by atomic mass is 16.5. The van der Waals surface area contributed by atoms with Gasteiger partial charge in [-0.2, -0.15) is 5.10 Å². The van der Waals surface area contributed by atoms with Crippen molar-refractivity contribution in [1.82, 2.24) is 20.1 Å². The Hall–Kier alpha value is -2.93. The maximum Gasteiger partial charge on any atom is 0.252 e. The number of carbonyl (C=O) groups excluding carboxylic acids is 1. The first kappa shape index (κ1) is 16.9. The largest absolute Gasteiger partial charge is 0.497 e. The molecule has 7 heteroatoms. The molecule has 2 heterocycles. The van der Waals surface area contributed by atoms with Crippen molar-refractivity contribution < 1.29 is 14.3 Å². The SMILES string of the molecule is COCCNC(=O)c1cc(-c2ccc(OC)cc2)nc2c1cnn2C. The molecule has 0 saturated heterocycles. The predicted octanol–water partition coefficient (Wildman–Crippen LogP) is 2.02. The van der Waals surface area contributed by atoms with Gasteiger partial charge in [-0.05, 0) is 30.3 Å². The Balaban J connectivity index is 2.04. The first-order valence-corrected chi connectivity index (χ1v) is 7.88. The summed E-state index contributed by atoms with van der Waals surface area (Å²) < 4.78 is 11.8. The summed E-state index contributed by atoms with van der Waals surface area (Å²) in [5, 5.41) is 7.79. The summed E-state index contributed by atoms with van der Waals surface area (Å²) in [6, 6.07) is 9.34. The fourth-order valence-electron chi connectivity index (χ4n) is 2.57. The maximum atomic E-state index is 12.6. The number of amides is 1. The van der Waals surface area contributed by atoms with Gasteiger partial charge in [-0.25, -0.2) is 4.98 Å². The van der Waals surface area contributed by atoms with Gasteiger partial charge >= 0.3 is 0 Å². The van der Waals surface area contributed by atoms with E-state index in [1.165, 1.54) is 0 Å². The van der Waals surface area contributed by atoms with Crippen molar-refractivity contribution in [2.45, 2.75) is 0 Å². The molecule has 3 aromatic rings. The van der Waals surface area contributed by atoms with Gasteiger partial charge in [0.25, 0.3) is 5.91 Å². The molecule has 1 amide bonds. The van der Waals surface area contributed by atoms with Gasteiger partial charge in [-0.15, -0.1) is 0 Å². The lowest BCUT2D eigenvalue weighted by Gasteiger charge is -2.09. The lowest BCUT2D eigenvalue weighted by atomic mass is 10.1. The molecule has 0 fully saturated rings. The minimum absolute atomic E-state index is 0.174. The number of pyridine rings is 1. The number of nitrogens with one attached hydrogen (secondary N) is 1. The number of nitrogens with zero attached hydrogens (tertiary/aromatic N) is 3. The molecule has 1 N–H and O–H groups in total. The number of hydrogen-bond donors (Lipinski definition) is 1. The first-order valence-electron chi connectivity index (χ1n) is 7.88. The van der Waals surface area contributed by atoms with E-state index in [0.717, 1.165) is 16.7 Å². The molecule has 0 bridgehead atoms. The van der Waals surface area contributed by atoms with Gasteiger partial charge in [0.1, 0.15) is 5.75 Å². The Morgan fingerprint density at radius 3 is 2.68 bits per heavy atom. The third-order valence-corrected chi connectivity index (χ3v) is 3.93. The summed E-state index contributed by atoms with van der Waals surface area (Å²) in [6.45, 7) is 0.898. The molecule has 2 aromatic heterocycles. The topological polar surface area (TPSA) is 78.3 Å². The van der Waals surface area contributed by atoms with Gasteiger partial charge in [0.2, 0.25) is 0 Å². The molecule has 0 aliphatic heterocycles. The lowest BCUT2D eigenvalue weighted by molar-refractivity contribution is 0.0938. The fourth-order valence-corrected chi connectivity index (χ4v) is 2.57. The van der Waals surface area contributed by atoms with E-state index in [0.29, 0.717) is 30.1 Å². The Morgan fingerprint density at radius 1 is 1.24 bits per heavy atom. The van der Waals surface area contributed by atoms with E-state index in [1.807, 2.05) is 24.3 Å². The summed E-state index contributed by atoms with van der Waals surface area (Å²) in [4.78, 5) is 17.2. The number of aryl methyl sites for hydroxylation is 1. The monoisotopic (exact) mass is 340 g/mol. The molecular weight excluding hydrogens is 320 g/mol. The number of carbonyl (C=O) groups is 1. The molecule has 0 spiro atoms. The first-order chi connectivity index (χ1) is 12.1. The van der Waals surface area contributed by atoms with E-state index < -0.39 is 0 Å². The van der Waals surface area contributed by atoms with Crippen LogP contribution in [0.3, 0.4) is 0 Å². The van der Waals surface area contributed by atoms with Crippen LogP contribution in [0.15, 0.2) is 36.5 Å². The molecule has 25 heavy (non-hydrogen) atoms. The van der Waals surface area contributed by atoms with E-state index in [-0.39, 0.29) is 5.91 Å². The van der Waals surface area contributed by atoms with Crippen molar-refractivity contribution in [2.24, 2.45) is 7.05 Å². The van der Waals surface area contributed by atoms with Gasteiger partial charge < -0.3 is 14.8 Å². The second kappa shape index (κ2) is 7.31. The van der Waals surface area contributed by atoms with E-state index in [1.54, 1.807) is 38.2 Å². The third-order valence-electron chi connectivity index (χ3n) is 3.93. The molecule has 0 unspecified atom stereocenters. The average molecular weight is 340 g/mol. The van der Waals surface area contributed by atoms with Crippen molar-refractivity contribution in [1.29, 1.82) is 0 Å². The predicted molar refractivity (Wildman–Crippen MR) is 94.7 cm³/mol. The van der Waals surface area contributed by atoms with Crippen LogP contribution in [-0.4, -0.2) is 48.0 Å². The molecule has 0 aliphatic rings. The molecular formula is C18H20N4O3. The summed E-state index contributed by atoms with van der Waals surface area (Å²) in [5.74, 6) is 0.593. The van der Waals surface area contributed by atoms with Crippen LogP contribution < -0.4 is 10.1 Å². The summed E-state index contributed by atoms with van der Waals surface area (Å²) >= 11 is 0. The van der Waals surface area contributed by atoms with Gasteiger partial charge in [-0.1, -0.05) is 0 Å². The summed E-state index contributed by atoms with van der Waals surface area (Å²) in [7, 11) is 5.02. The standard InChI is InChI=1S/C18H20N4O3/c1-22-17-15(11-20-22)14(18(23)19-8-9-24-2)10-16(21-17)12-4-6-13(25-3)7-5-12/h4-7,10-11H,8-9H2,1-3H3,(H,19,23). The number of hydrogen-bond acceptors (Lipinski definition) is 5. The van der Waals surface area contributed by atoms with E-state index >= 15 is 0 Å². The molecule has 3 rings (SSSR count). The van der Waals surface area contributed by atoms with Gasteiger partial charge in [-0.3, -0.25) is 9.48 Å². The second-order valence-corrected chi connectivity index (χ2v) is 5.54. The fraction of sp³-hybridized carbons (Fsp3) is 0.278. The highest BCUT2D eigenvalue weighted by Gasteiger charge is 2.16. The van der Waals surface area contributed by atoms with Crippen LogP contribution >= 0.6 is 0 Å². The molecule has 7 nitrogen and oxygen atoms in total. The Labute approximate surface area is 145 Å². The minimum Gasteiger partial charge on any atom is -0.497 e. The van der Waals surface area contributed by atoms with Crippen LogP contribution in [0.1, 0.15) is 10.4 Å². The highest BCUT2D eigenvalue weighted by molar-refractivity contribution is 6.06. The van der Waals surface area contributed by atoms with Crippen LogP contribution in [0.5, 0.6) is 5.75 Å². The van der Waals surface area contributed by atoms with E-state index in [2.05, 4.69) is 15.4 Å². The molecule has 0 atom stereocenters. The number of ether oxygens (including phenoxy) is 2. The average Bonchev–Trinajstić information content (AvgIpc) is 3.02. The normalized spacial score (nSPS) is 10.8. The zero-order valence-electron chi connectivity index (χ0n) is 14.4. The maximum absolute atomic E-state index is 12.6. The van der Waals surface area contributed by atoms with Crippen LogP contribution in [0.4, 0.5) is 0 Å². The van der Waals surface area contributed by atoms with Gasteiger partial charge in [0.05, 0.1) is 36.6 Å². The summed E-state index contributed by atoms with van der Waals surface area (Å²) in [6.07, 6.45) is 1.66. The second-order valence-electron chi connectivity index (χ2n) is 5.54. The molecule has 0 aliphatic carbocycles. The number of aromatic nitrogens is 3. The van der Waals surface area contributed by atoms with E-state index in [4.69, 9.17) is 9.47 Å². The highest BCUT2D eigenvalue weighted by Crippen LogP contribution is 2.26. The van der Waals surface area contributed by atoms with Crippen LogP contribution in [0.25, 0.3) is 22.3 Å². The number of methoxy groups -OCH3 is 2. The Kier molecular flexibility index (Phi) is 4.95. The van der Waals surface area contributed by atoms with Crippen LogP contribution in [0.2, 0.25) is 0 Å². The zero-order chi connectivity index (χ0) is 17.8. The smallest absolute Gasteiger partial charge is 0.252 e.